The number of allylic oxidation sites excluding steroid dienone is 6. The molecule has 0 aromatic carbocycles. The van der Waals surface area contributed by atoms with Gasteiger partial charge in [-0.3, -0.25) is 9.59 Å². The molecule has 466 valence electrons. The molecule has 0 aliphatic carbocycles. The lowest BCUT2D eigenvalue weighted by Gasteiger charge is -2.22. The van der Waals surface area contributed by atoms with Crippen LogP contribution in [0.25, 0.3) is 0 Å². The Bertz CT molecular complexity index is 1280. The minimum atomic E-state index is -0.661. The Morgan fingerprint density at radius 2 is 0.633 bits per heavy atom. The second-order valence-electron chi connectivity index (χ2n) is 24.6. The molecule has 0 heterocycles. The van der Waals surface area contributed by atoms with Crippen LogP contribution in [0.5, 0.6) is 0 Å². The number of hydrogen-bond donors (Lipinski definition) is 3. The number of ether oxygens (including phenoxy) is 1. The van der Waals surface area contributed by atoms with Gasteiger partial charge in [-0.25, -0.2) is 0 Å². The third-order valence-corrected chi connectivity index (χ3v) is 16.7. The SMILES string of the molecule is CCCCC/C=C\C/C=C\CCCCCCCCCCCC(=O)OCCCCCCCCCCCCCC/C=C\CCCCCCCCCCCCCCCCCCC(=O)NC(CO)C(O)CCCCCCCCCCCCC. The Morgan fingerprint density at radius 1 is 0.354 bits per heavy atom. The third kappa shape index (κ3) is 65.1. The van der Waals surface area contributed by atoms with Gasteiger partial charge in [0.2, 0.25) is 5.91 Å². The predicted molar refractivity (Wildman–Crippen MR) is 347 cm³/mol. The van der Waals surface area contributed by atoms with Crippen molar-refractivity contribution in [1.82, 2.24) is 5.32 Å². The number of nitrogens with one attached hydrogen (secondary N) is 1. The zero-order valence-electron chi connectivity index (χ0n) is 53.4. The first-order valence-corrected chi connectivity index (χ1v) is 35.7. The number of esters is 1. The van der Waals surface area contributed by atoms with Crippen molar-refractivity contribution in [3.8, 4) is 0 Å². The van der Waals surface area contributed by atoms with Crippen molar-refractivity contribution < 1.29 is 24.5 Å². The summed E-state index contributed by atoms with van der Waals surface area (Å²) in [5, 5.41) is 23.2. The highest BCUT2D eigenvalue weighted by Gasteiger charge is 2.20. The summed E-state index contributed by atoms with van der Waals surface area (Å²) in [5.74, 6) is -0.0170. The number of carbonyl (C=O) groups excluding carboxylic acids is 2. The molecule has 0 saturated carbocycles. The van der Waals surface area contributed by atoms with Crippen molar-refractivity contribution >= 4 is 11.9 Å². The highest BCUT2D eigenvalue weighted by molar-refractivity contribution is 5.76. The number of hydrogen-bond acceptors (Lipinski definition) is 5. The molecule has 2 unspecified atom stereocenters. The van der Waals surface area contributed by atoms with Crippen molar-refractivity contribution in [2.24, 2.45) is 0 Å². The van der Waals surface area contributed by atoms with Crippen LogP contribution in [0.1, 0.15) is 393 Å². The first-order chi connectivity index (χ1) is 39.0. The molecule has 0 saturated heterocycles. The maximum absolute atomic E-state index is 12.5. The van der Waals surface area contributed by atoms with Crippen LogP contribution in [-0.4, -0.2) is 47.4 Å². The van der Waals surface area contributed by atoms with E-state index < -0.39 is 12.1 Å². The summed E-state index contributed by atoms with van der Waals surface area (Å²) in [6.45, 7) is 4.94. The van der Waals surface area contributed by atoms with Crippen LogP contribution in [0.3, 0.4) is 0 Å². The fourth-order valence-corrected chi connectivity index (χ4v) is 11.2. The van der Waals surface area contributed by atoms with Crippen molar-refractivity contribution in [2.45, 2.75) is 405 Å². The lowest BCUT2D eigenvalue weighted by molar-refractivity contribution is -0.143. The molecule has 79 heavy (non-hydrogen) atoms. The minimum Gasteiger partial charge on any atom is -0.466 e. The molecule has 0 bridgehead atoms. The summed E-state index contributed by atoms with van der Waals surface area (Å²) in [5.41, 5.74) is 0. The molecule has 0 radical (unpaired) electrons. The first-order valence-electron chi connectivity index (χ1n) is 35.7. The number of amides is 1. The van der Waals surface area contributed by atoms with Crippen LogP contribution >= 0.6 is 0 Å². The molecule has 6 heteroatoms. The number of aliphatic hydroxyl groups excluding tert-OH is 2. The molecular formula is C73H139NO5. The fraction of sp³-hybridized carbons (Fsp3) is 0.890. The van der Waals surface area contributed by atoms with Gasteiger partial charge < -0.3 is 20.3 Å². The quantitative estimate of drug-likeness (QED) is 0.0320. The molecular weight excluding hydrogens is 971 g/mol. The maximum Gasteiger partial charge on any atom is 0.305 e. The molecule has 0 aliphatic heterocycles. The summed E-state index contributed by atoms with van der Waals surface area (Å²) in [6.07, 6.45) is 87.8. The molecule has 0 aliphatic rings. The van der Waals surface area contributed by atoms with Gasteiger partial charge in [0, 0.05) is 12.8 Å². The lowest BCUT2D eigenvalue weighted by Crippen LogP contribution is -2.45. The summed E-state index contributed by atoms with van der Waals surface area (Å²) in [4.78, 5) is 24.6. The normalized spacial score (nSPS) is 12.7. The molecule has 0 rings (SSSR count). The first kappa shape index (κ1) is 77.1. The van der Waals surface area contributed by atoms with Crippen LogP contribution in [0, 0.1) is 0 Å². The van der Waals surface area contributed by atoms with E-state index in [9.17, 15) is 19.8 Å². The molecule has 0 fully saturated rings. The smallest absolute Gasteiger partial charge is 0.305 e. The van der Waals surface area contributed by atoms with Crippen LogP contribution in [0.2, 0.25) is 0 Å². The second-order valence-corrected chi connectivity index (χ2v) is 24.6. The van der Waals surface area contributed by atoms with Crippen LogP contribution in [-0.2, 0) is 14.3 Å². The van der Waals surface area contributed by atoms with E-state index in [0.717, 1.165) is 51.4 Å². The zero-order valence-corrected chi connectivity index (χ0v) is 53.4. The molecule has 1 amide bonds. The number of aliphatic hydroxyl groups is 2. The van der Waals surface area contributed by atoms with Crippen molar-refractivity contribution in [2.75, 3.05) is 13.2 Å². The van der Waals surface area contributed by atoms with E-state index in [1.54, 1.807) is 0 Å². The Hall–Kier alpha value is -1.92. The number of unbranched alkanes of at least 4 members (excludes halogenated alkanes) is 50. The van der Waals surface area contributed by atoms with E-state index >= 15 is 0 Å². The van der Waals surface area contributed by atoms with E-state index in [2.05, 4.69) is 55.6 Å². The van der Waals surface area contributed by atoms with Crippen molar-refractivity contribution in [3.05, 3.63) is 36.5 Å². The molecule has 6 nitrogen and oxygen atoms in total. The average Bonchev–Trinajstić information content (AvgIpc) is 3.45. The van der Waals surface area contributed by atoms with E-state index in [-0.39, 0.29) is 18.5 Å². The van der Waals surface area contributed by atoms with E-state index in [0.29, 0.717) is 25.9 Å². The van der Waals surface area contributed by atoms with Crippen molar-refractivity contribution in [3.63, 3.8) is 0 Å². The van der Waals surface area contributed by atoms with Crippen molar-refractivity contribution in [1.29, 1.82) is 0 Å². The van der Waals surface area contributed by atoms with Gasteiger partial charge >= 0.3 is 5.97 Å². The lowest BCUT2D eigenvalue weighted by atomic mass is 10.0. The summed E-state index contributed by atoms with van der Waals surface area (Å²) >= 11 is 0. The van der Waals surface area contributed by atoms with Crippen LogP contribution < -0.4 is 5.32 Å². The van der Waals surface area contributed by atoms with Gasteiger partial charge in [0.25, 0.3) is 0 Å². The van der Waals surface area contributed by atoms with Gasteiger partial charge in [-0.1, -0.05) is 333 Å². The predicted octanol–water partition coefficient (Wildman–Crippen LogP) is 23.1. The minimum absolute atomic E-state index is 0.0148. The zero-order chi connectivity index (χ0) is 57.1. The van der Waals surface area contributed by atoms with Crippen LogP contribution in [0.15, 0.2) is 36.5 Å². The fourth-order valence-electron chi connectivity index (χ4n) is 11.2. The van der Waals surface area contributed by atoms with Gasteiger partial charge in [0.15, 0.2) is 0 Å². The maximum atomic E-state index is 12.5. The van der Waals surface area contributed by atoms with E-state index in [1.807, 2.05) is 0 Å². The van der Waals surface area contributed by atoms with E-state index in [4.69, 9.17) is 4.74 Å². The molecule has 2 atom stereocenters. The number of carbonyl (C=O) groups is 2. The monoisotopic (exact) mass is 1110 g/mol. The Labute approximate surface area is 494 Å². The molecule has 0 aromatic rings. The standard InChI is InChI=1S/C73H139NO5/c1-3-5-7-9-11-13-15-16-17-18-33-37-40-43-47-51-55-59-63-67-73(78)79-68-64-60-56-52-48-44-41-38-35-32-30-28-26-24-22-20-19-21-23-25-27-29-31-34-36-39-42-46-50-54-58-62-66-72(77)74-70(69-75)71(76)65-61-57-53-49-45-14-12-10-8-6-4-2/h11,13,16-17,22,24,70-71,75-76H,3-10,12,14-15,18-21,23,25-69H2,1-2H3,(H,74,77)/b13-11-,17-16-,24-22-. The Balaban J connectivity index is 3.32. The average molecular weight is 1110 g/mol. The topological polar surface area (TPSA) is 95.9 Å². The Morgan fingerprint density at radius 3 is 1.00 bits per heavy atom. The van der Waals surface area contributed by atoms with Gasteiger partial charge in [-0.05, 0) is 83.5 Å². The van der Waals surface area contributed by atoms with Gasteiger partial charge in [0.05, 0.1) is 25.4 Å². The third-order valence-electron chi connectivity index (χ3n) is 16.7. The number of rotatable bonds is 67. The molecule has 0 aromatic heterocycles. The van der Waals surface area contributed by atoms with Gasteiger partial charge in [-0.15, -0.1) is 0 Å². The largest absolute Gasteiger partial charge is 0.466 e. The highest BCUT2D eigenvalue weighted by atomic mass is 16.5. The van der Waals surface area contributed by atoms with Gasteiger partial charge in [-0.2, -0.15) is 0 Å². The summed E-state index contributed by atoms with van der Waals surface area (Å²) in [6, 6.07) is -0.538. The van der Waals surface area contributed by atoms with Crippen LogP contribution in [0.4, 0.5) is 0 Å². The van der Waals surface area contributed by atoms with E-state index in [1.165, 1.54) is 308 Å². The highest BCUT2D eigenvalue weighted by Crippen LogP contribution is 2.19. The van der Waals surface area contributed by atoms with Gasteiger partial charge in [0.1, 0.15) is 0 Å². The summed E-state index contributed by atoms with van der Waals surface area (Å²) in [7, 11) is 0. The molecule has 3 N–H and O–H groups in total. The second kappa shape index (κ2) is 68.6. The Kier molecular flexibility index (Phi) is 66.9. The summed E-state index contributed by atoms with van der Waals surface area (Å²) < 4.78 is 5.51. The molecule has 0 spiro atoms.